The number of amides is 1. The van der Waals surface area contributed by atoms with E-state index in [1.54, 1.807) is 13.2 Å². The second-order valence-electron chi connectivity index (χ2n) is 8.88. The van der Waals surface area contributed by atoms with Gasteiger partial charge in [0.2, 0.25) is 5.55 Å². The van der Waals surface area contributed by atoms with Crippen molar-refractivity contribution < 1.29 is 13.9 Å². The van der Waals surface area contributed by atoms with Crippen LogP contribution < -0.4 is 15.6 Å². The molecule has 2 aromatic heterocycles. The Balaban J connectivity index is 1.37. The predicted molar refractivity (Wildman–Crippen MR) is 149 cm³/mol. The number of ether oxygens (including phenoxy) is 1. The van der Waals surface area contributed by atoms with Crippen LogP contribution in [0.2, 0.25) is 0 Å². The molecule has 0 unspecified atom stereocenters. The summed E-state index contributed by atoms with van der Waals surface area (Å²) in [5, 5.41) is 3.71. The zero-order valence-corrected chi connectivity index (χ0v) is 20.9. The Morgan fingerprint density at radius 3 is 2.53 bits per heavy atom. The van der Waals surface area contributed by atoms with E-state index in [-0.39, 0.29) is 11.5 Å². The van der Waals surface area contributed by atoms with Gasteiger partial charge in [-0.2, -0.15) is 0 Å². The number of carbonyl (C=O) groups is 1. The summed E-state index contributed by atoms with van der Waals surface area (Å²) in [5.41, 5.74) is 6.16. The average molecular weight is 501 g/mol. The summed E-state index contributed by atoms with van der Waals surface area (Å²) >= 11 is 0. The molecule has 2 N–H and O–H groups in total. The molecule has 7 heteroatoms. The molecule has 6 aromatic rings. The molecule has 186 valence electrons. The van der Waals surface area contributed by atoms with Crippen LogP contribution in [0.4, 0.5) is 11.4 Å². The molecule has 0 radical (unpaired) electrons. The number of rotatable bonds is 5. The summed E-state index contributed by atoms with van der Waals surface area (Å²) in [6.07, 6.45) is 0. The lowest BCUT2D eigenvalue weighted by Gasteiger charge is -2.09. The molecule has 6 rings (SSSR count). The molecule has 1 amide bonds. The normalized spacial score (nSPS) is 11.7. The number of nitrogens with one attached hydrogen (secondary N) is 2. The van der Waals surface area contributed by atoms with Gasteiger partial charge in [-0.25, -0.2) is 9.98 Å². The quantitative estimate of drug-likeness (QED) is 0.273. The number of hydrogen-bond acceptors (Lipinski definition) is 5. The van der Waals surface area contributed by atoms with Crippen LogP contribution in [0, 0.1) is 6.92 Å². The Morgan fingerprint density at radius 2 is 1.74 bits per heavy atom. The number of carbonyl (C=O) groups excluding carboxylic acids is 1. The molecular weight excluding hydrogens is 476 g/mol. The summed E-state index contributed by atoms with van der Waals surface area (Å²) in [6.45, 7) is 1.96. The molecule has 0 fully saturated rings. The minimum Gasteiger partial charge on any atom is -0.493 e. The number of para-hydroxylation sites is 4. The topological polar surface area (TPSA) is 92.5 Å². The molecule has 0 aliphatic carbocycles. The third-order valence-electron chi connectivity index (χ3n) is 6.35. The number of fused-ring (bicyclic) bond motifs is 2. The van der Waals surface area contributed by atoms with Crippen molar-refractivity contribution in [3.8, 4) is 17.1 Å². The second-order valence-corrected chi connectivity index (χ2v) is 8.88. The smallest absolute Gasteiger partial charge is 0.261 e. The van der Waals surface area contributed by atoms with E-state index >= 15 is 0 Å². The standard InChI is InChI=1S/C31H24N4O3/c1-19-8-3-4-10-24(19)35-31-23(18-21-9-7-13-27(37-2)28(21)38-31)30(36)32-22-16-14-20(15-17-22)29-33-25-11-5-6-12-26(25)34-29/h3-18H,1-2H3,(H,32,36)(H,33,34). The van der Waals surface area contributed by atoms with E-state index in [1.807, 2.05) is 97.9 Å². The minimum atomic E-state index is -0.331. The Hall–Kier alpha value is -5.17. The van der Waals surface area contributed by atoms with Gasteiger partial charge < -0.3 is 19.5 Å². The van der Waals surface area contributed by atoms with E-state index in [0.717, 1.165) is 39.1 Å². The number of aromatic nitrogens is 2. The van der Waals surface area contributed by atoms with Gasteiger partial charge in [-0.15, -0.1) is 0 Å². The first kappa shape index (κ1) is 23.2. The molecule has 38 heavy (non-hydrogen) atoms. The lowest BCUT2D eigenvalue weighted by molar-refractivity contribution is 0.102. The fourth-order valence-corrected chi connectivity index (χ4v) is 4.33. The Bertz CT molecular complexity index is 1830. The fraction of sp³-hybridized carbons (Fsp3) is 0.0645. The van der Waals surface area contributed by atoms with Crippen LogP contribution in [0.3, 0.4) is 0 Å². The number of aromatic amines is 1. The van der Waals surface area contributed by atoms with Crippen LogP contribution >= 0.6 is 0 Å². The number of H-pyrrole nitrogens is 1. The van der Waals surface area contributed by atoms with Crippen molar-refractivity contribution in [2.45, 2.75) is 6.92 Å². The number of benzene rings is 4. The van der Waals surface area contributed by atoms with Crippen LogP contribution in [0.1, 0.15) is 15.9 Å². The van der Waals surface area contributed by atoms with Crippen molar-refractivity contribution in [1.29, 1.82) is 0 Å². The van der Waals surface area contributed by atoms with Gasteiger partial charge in [-0.1, -0.05) is 42.5 Å². The van der Waals surface area contributed by atoms with Crippen molar-refractivity contribution in [3.05, 3.63) is 114 Å². The number of anilines is 1. The minimum absolute atomic E-state index is 0.202. The number of hydrogen-bond donors (Lipinski definition) is 2. The van der Waals surface area contributed by atoms with Gasteiger partial charge in [-0.05, 0) is 67.1 Å². The zero-order chi connectivity index (χ0) is 26.1. The molecule has 0 saturated heterocycles. The van der Waals surface area contributed by atoms with E-state index in [2.05, 4.69) is 15.3 Å². The van der Waals surface area contributed by atoms with Gasteiger partial charge in [0.25, 0.3) is 5.91 Å². The third kappa shape index (κ3) is 4.41. The molecular formula is C31H24N4O3. The summed E-state index contributed by atoms with van der Waals surface area (Å²) in [4.78, 5) is 26.2. The first-order valence-corrected chi connectivity index (χ1v) is 12.2. The van der Waals surface area contributed by atoms with Crippen LogP contribution in [0.5, 0.6) is 5.75 Å². The highest BCUT2D eigenvalue weighted by molar-refractivity contribution is 6.05. The highest BCUT2D eigenvalue weighted by atomic mass is 16.5. The first-order valence-electron chi connectivity index (χ1n) is 12.2. The molecule has 0 spiro atoms. The van der Waals surface area contributed by atoms with Crippen LogP contribution in [-0.2, 0) is 0 Å². The Morgan fingerprint density at radius 1 is 0.947 bits per heavy atom. The molecule has 7 nitrogen and oxygen atoms in total. The Labute approximate surface area is 218 Å². The second kappa shape index (κ2) is 9.71. The number of aryl methyl sites for hydroxylation is 1. The van der Waals surface area contributed by atoms with Gasteiger partial charge in [0.05, 0.1) is 23.8 Å². The molecule has 0 atom stereocenters. The van der Waals surface area contributed by atoms with E-state index in [1.165, 1.54) is 0 Å². The van der Waals surface area contributed by atoms with E-state index in [9.17, 15) is 4.79 Å². The van der Waals surface area contributed by atoms with Crippen molar-refractivity contribution in [3.63, 3.8) is 0 Å². The Kier molecular flexibility index (Phi) is 5.94. The molecule has 0 bridgehead atoms. The fourth-order valence-electron chi connectivity index (χ4n) is 4.33. The number of methoxy groups -OCH3 is 1. The highest BCUT2D eigenvalue weighted by Gasteiger charge is 2.16. The lowest BCUT2D eigenvalue weighted by Crippen LogP contribution is -2.21. The van der Waals surface area contributed by atoms with Crippen molar-refractivity contribution >= 4 is 39.3 Å². The van der Waals surface area contributed by atoms with Crippen LogP contribution in [0.15, 0.2) is 106 Å². The summed E-state index contributed by atoms with van der Waals surface area (Å²) in [5.74, 6) is 1.00. The maximum Gasteiger partial charge on any atom is 0.261 e. The maximum absolute atomic E-state index is 13.5. The van der Waals surface area contributed by atoms with Crippen LogP contribution in [-0.4, -0.2) is 23.0 Å². The summed E-state index contributed by atoms with van der Waals surface area (Å²) in [6, 6.07) is 30.4. The average Bonchev–Trinajstić information content (AvgIpc) is 3.38. The highest BCUT2D eigenvalue weighted by Crippen LogP contribution is 2.26. The van der Waals surface area contributed by atoms with Crippen molar-refractivity contribution in [1.82, 2.24) is 9.97 Å². The van der Waals surface area contributed by atoms with E-state index in [4.69, 9.17) is 14.1 Å². The summed E-state index contributed by atoms with van der Waals surface area (Å²) in [7, 11) is 1.58. The molecule has 0 aliphatic heterocycles. The largest absolute Gasteiger partial charge is 0.493 e. The third-order valence-corrected chi connectivity index (χ3v) is 6.35. The summed E-state index contributed by atoms with van der Waals surface area (Å²) < 4.78 is 11.6. The van der Waals surface area contributed by atoms with Crippen LogP contribution in [0.25, 0.3) is 33.4 Å². The maximum atomic E-state index is 13.5. The number of imidazole rings is 1. The monoisotopic (exact) mass is 500 g/mol. The van der Waals surface area contributed by atoms with Crippen molar-refractivity contribution in [2.75, 3.05) is 12.4 Å². The van der Waals surface area contributed by atoms with E-state index in [0.29, 0.717) is 22.6 Å². The molecule has 2 heterocycles. The molecule has 0 aliphatic rings. The van der Waals surface area contributed by atoms with Gasteiger partial charge in [-0.3, -0.25) is 4.79 Å². The molecule has 0 saturated carbocycles. The van der Waals surface area contributed by atoms with E-state index < -0.39 is 0 Å². The SMILES string of the molecule is COc1cccc2cc(C(=O)Nc3ccc(-c4nc5ccccc5[nH]4)cc3)c(=Nc3ccccc3C)oc12. The lowest BCUT2D eigenvalue weighted by atomic mass is 10.1. The zero-order valence-electron chi connectivity index (χ0n) is 20.9. The van der Waals surface area contributed by atoms with Gasteiger partial charge >= 0.3 is 0 Å². The van der Waals surface area contributed by atoms with Gasteiger partial charge in [0, 0.05) is 16.6 Å². The predicted octanol–water partition coefficient (Wildman–Crippen LogP) is 6.78. The first-order chi connectivity index (χ1) is 18.6. The number of nitrogens with zero attached hydrogens (tertiary/aromatic N) is 2. The molecule has 4 aromatic carbocycles. The van der Waals surface area contributed by atoms with Gasteiger partial charge in [0.15, 0.2) is 11.3 Å². The van der Waals surface area contributed by atoms with Gasteiger partial charge in [0.1, 0.15) is 11.4 Å². The van der Waals surface area contributed by atoms with Crippen molar-refractivity contribution in [2.24, 2.45) is 4.99 Å².